The number of aromatic nitrogens is 2. The Morgan fingerprint density at radius 3 is 2.65 bits per heavy atom. The number of benzene rings is 1. The quantitative estimate of drug-likeness (QED) is 0.589. The van der Waals surface area contributed by atoms with E-state index >= 15 is 0 Å². The van der Waals surface area contributed by atoms with Gasteiger partial charge in [-0.05, 0) is 42.7 Å². The molecule has 0 unspecified atom stereocenters. The molecule has 1 fully saturated rings. The van der Waals surface area contributed by atoms with Crippen LogP contribution in [0.3, 0.4) is 0 Å². The van der Waals surface area contributed by atoms with E-state index in [0.29, 0.717) is 34.8 Å². The topological polar surface area (TPSA) is 74.4 Å². The van der Waals surface area contributed by atoms with Gasteiger partial charge >= 0.3 is 0 Å². The van der Waals surface area contributed by atoms with Gasteiger partial charge in [0.1, 0.15) is 35.4 Å². The third kappa shape index (κ3) is 3.51. The summed E-state index contributed by atoms with van der Waals surface area (Å²) in [6.45, 7) is 6.20. The molecule has 0 spiro atoms. The number of nitrogens with zero attached hydrogens (tertiary/aromatic N) is 5. The van der Waals surface area contributed by atoms with Crippen molar-refractivity contribution in [2.75, 3.05) is 24.6 Å². The van der Waals surface area contributed by atoms with E-state index in [2.05, 4.69) is 34.7 Å². The van der Waals surface area contributed by atoms with E-state index in [0.717, 1.165) is 31.5 Å². The minimum atomic E-state index is -0.231. The minimum Gasteiger partial charge on any atom is -0.484 e. The molecular weight excluding hydrogens is 433 g/mol. The van der Waals surface area contributed by atoms with Crippen LogP contribution in [0, 0.1) is 17.1 Å². The first-order chi connectivity index (χ1) is 16.5. The molecule has 3 atom stereocenters. The maximum Gasteiger partial charge on any atom is 0.295 e. The molecule has 0 radical (unpaired) electrons. The van der Waals surface area contributed by atoms with Gasteiger partial charge in [0.25, 0.3) is 5.56 Å². The van der Waals surface area contributed by atoms with Crippen molar-refractivity contribution < 1.29 is 9.13 Å². The van der Waals surface area contributed by atoms with Crippen LogP contribution in [0.15, 0.2) is 41.2 Å². The highest BCUT2D eigenvalue weighted by atomic mass is 19.1. The van der Waals surface area contributed by atoms with Gasteiger partial charge in [-0.25, -0.2) is 9.37 Å². The predicted molar refractivity (Wildman–Crippen MR) is 129 cm³/mol. The van der Waals surface area contributed by atoms with E-state index in [-0.39, 0.29) is 29.5 Å². The minimum absolute atomic E-state index is 0.0349. The number of nitriles is 1. The summed E-state index contributed by atoms with van der Waals surface area (Å²) < 4.78 is 21.2. The van der Waals surface area contributed by atoms with Gasteiger partial charge in [-0.2, -0.15) is 5.26 Å². The molecule has 34 heavy (non-hydrogen) atoms. The number of ether oxygens (including phenoxy) is 1. The van der Waals surface area contributed by atoms with Gasteiger partial charge in [-0.1, -0.05) is 26.0 Å². The number of rotatable bonds is 4. The standard InChI is InChI=1S/C26H28FN5O2/c1-4-19-13-32-20(14-31(19)21(5-2)16-6-8-17(27)9-7-16)15-34-25-24(32)23-22(30(3)26(25)33)11-10-18(12-28)29-23/h6-11,19-21H,4-5,13-15H2,1-3H3/t19-,20+,21-/m1/s1. The van der Waals surface area contributed by atoms with Crippen molar-refractivity contribution in [3.8, 4) is 11.8 Å². The maximum atomic E-state index is 13.6. The summed E-state index contributed by atoms with van der Waals surface area (Å²) in [7, 11) is 1.70. The van der Waals surface area contributed by atoms with Crippen LogP contribution in [0.1, 0.15) is 44.0 Å². The molecular formula is C26H28FN5O2. The number of hydrogen-bond acceptors (Lipinski definition) is 6. The van der Waals surface area contributed by atoms with Crippen LogP contribution in [0.4, 0.5) is 10.1 Å². The summed E-state index contributed by atoms with van der Waals surface area (Å²) in [5, 5.41) is 9.43. The summed E-state index contributed by atoms with van der Waals surface area (Å²) in [6, 6.07) is 12.8. The molecule has 0 amide bonds. The summed E-state index contributed by atoms with van der Waals surface area (Å²) in [5.74, 6) is 0.0770. The average molecular weight is 462 g/mol. The van der Waals surface area contributed by atoms with Crippen molar-refractivity contribution in [3.63, 3.8) is 0 Å². The van der Waals surface area contributed by atoms with Crippen molar-refractivity contribution in [1.82, 2.24) is 14.5 Å². The van der Waals surface area contributed by atoms with Gasteiger partial charge in [-0.3, -0.25) is 9.69 Å². The monoisotopic (exact) mass is 461 g/mol. The normalized spacial score (nSPS) is 20.9. The Hall–Kier alpha value is -3.44. The van der Waals surface area contributed by atoms with Crippen LogP contribution in [-0.2, 0) is 7.05 Å². The molecule has 8 heteroatoms. The largest absolute Gasteiger partial charge is 0.484 e. The highest BCUT2D eigenvalue weighted by Gasteiger charge is 2.42. The number of aryl methyl sites for hydroxylation is 1. The smallest absolute Gasteiger partial charge is 0.295 e. The second kappa shape index (κ2) is 8.73. The Morgan fingerprint density at radius 1 is 1.21 bits per heavy atom. The van der Waals surface area contributed by atoms with E-state index < -0.39 is 0 Å². The average Bonchev–Trinajstić information content (AvgIpc) is 2.87. The van der Waals surface area contributed by atoms with Crippen LogP contribution < -0.4 is 15.2 Å². The molecule has 5 rings (SSSR count). The van der Waals surface area contributed by atoms with Gasteiger partial charge in [0.15, 0.2) is 0 Å². The maximum absolute atomic E-state index is 13.6. The summed E-state index contributed by atoms with van der Waals surface area (Å²) in [6.07, 6.45) is 1.83. The number of halogens is 1. The molecule has 0 aliphatic carbocycles. The van der Waals surface area contributed by atoms with Gasteiger partial charge in [-0.15, -0.1) is 0 Å². The Labute approximate surface area is 198 Å². The molecule has 176 valence electrons. The zero-order chi connectivity index (χ0) is 24.0. The number of piperazine rings is 1. The van der Waals surface area contributed by atoms with Crippen molar-refractivity contribution >= 4 is 16.7 Å². The lowest BCUT2D eigenvalue weighted by atomic mass is 9.94. The van der Waals surface area contributed by atoms with Gasteiger partial charge < -0.3 is 14.2 Å². The SMILES string of the molecule is CC[C@@H]1CN2c3c(c(=O)n(C)c4ccc(C#N)nc34)OC[C@@H]2CN1[C@H](CC)c1ccc(F)cc1. The van der Waals surface area contributed by atoms with Crippen LogP contribution in [-0.4, -0.2) is 46.2 Å². The lowest BCUT2D eigenvalue weighted by Crippen LogP contribution is -2.62. The van der Waals surface area contributed by atoms with E-state index in [4.69, 9.17) is 4.74 Å². The summed E-state index contributed by atoms with van der Waals surface area (Å²) in [4.78, 5) is 22.5. The Bertz CT molecular complexity index is 1330. The summed E-state index contributed by atoms with van der Waals surface area (Å²) in [5.41, 5.74) is 3.21. The molecule has 1 saturated heterocycles. The van der Waals surface area contributed by atoms with Gasteiger partial charge in [0, 0.05) is 32.2 Å². The van der Waals surface area contributed by atoms with E-state index in [1.54, 1.807) is 19.2 Å². The van der Waals surface area contributed by atoms with Crippen LogP contribution >= 0.6 is 0 Å². The van der Waals surface area contributed by atoms with Crippen LogP contribution in [0.25, 0.3) is 11.0 Å². The summed E-state index contributed by atoms with van der Waals surface area (Å²) >= 11 is 0. The second-order valence-electron chi connectivity index (χ2n) is 9.07. The molecule has 0 saturated carbocycles. The Kier molecular flexibility index (Phi) is 5.74. The fraction of sp³-hybridized carbons (Fsp3) is 0.423. The third-order valence-corrected chi connectivity index (χ3v) is 7.25. The second-order valence-corrected chi connectivity index (χ2v) is 9.07. The lowest BCUT2D eigenvalue weighted by Gasteiger charge is -2.51. The molecule has 2 aliphatic rings. The first kappa shape index (κ1) is 22.4. The van der Waals surface area contributed by atoms with Crippen molar-refractivity contribution in [1.29, 1.82) is 5.26 Å². The molecule has 2 aromatic heterocycles. The first-order valence-electron chi connectivity index (χ1n) is 11.8. The third-order valence-electron chi connectivity index (χ3n) is 7.25. The molecule has 0 N–H and O–H groups in total. The molecule has 3 aromatic rings. The van der Waals surface area contributed by atoms with E-state index in [9.17, 15) is 14.4 Å². The molecule has 4 heterocycles. The fourth-order valence-electron chi connectivity index (χ4n) is 5.49. The van der Waals surface area contributed by atoms with Gasteiger partial charge in [0.2, 0.25) is 5.75 Å². The number of hydrogen-bond donors (Lipinski definition) is 0. The Morgan fingerprint density at radius 2 is 1.97 bits per heavy atom. The zero-order valence-corrected chi connectivity index (χ0v) is 19.7. The van der Waals surface area contributed by atoms with Gasteiger partial charge in [0.05, 0.1) is 11.6 Å². The van der Waals surface area contributed by atoms with E-state index in [1.807, 2.05) is 12.1 Å². The van der Waals surface area contributed by atoms with Crippen LogP contribution in [0.2, 0.25) is 0 Å². The lowest BCUT2D eigenvalue weighted by molar-refractivity contribution is 0.0720. The molecule has 7 nitrogen and oxygen atoms in total. The fourth-order valence-corrected chi connectivity index (χ4v) is 5.49. The highest BCUT2D eigenvalue weighted by molar-refractivity contribution is 5.93. The molecule has 0 bridgehead atoms. The number of anilines is 1. The van der Waals surface area contributed by atoms with Crippen molar-refractivity contribution in [2.24, 2.45) is 7.05 Å². The first-order valence-corrected chi connectivity index (χ1v) is 11.8. The van der Waals surface area contributed by atoms with Crippen molar-refractivity contribution in [2.45, 2.75) is 44.8 Å². The molecule has 2 aliphatic heterocycles. The predicted octanol–water partition coefficient (Wildman–Crippen LogP) is 3.76. The number of pyridine rings is 2. The van der Waals surface area contributed by atoms with E-state index in [1.165, 1.54) is 16.7 Å². The number of fused-ring (bicyclic) bond motifs is 5. The zero-order valence-electron chi connectivity index (χ0n) is 19.7. The van der Waals surface area contributed by atoms with Crippen molar-refractivity contribution in [3.05, 3.63) is 63.8 Å². The molecule has 1 aromatic carbocycles. The Balaban J connectivity index is 1.58. The van der Waals surface area contributed by atoms with Crippen LogP contribution in [0.5, 0.6) is 5.75 Å². The highest BCUT2D eigenvalue weighted by Crippen LogP contribution is 2.41.